The summed E-state index contributed by atoms with van der Waals surface area (Å²) in [4.78, 5) is 17.5. The van der Waals surface area contributed by atoms with Crippen LogP contribution in [0.1, 0.15) is 13.8 Å². The minimum Gasteiger partial charge on any atom is -0.370 e. The van der Waals surface area contributed by atoms with E-state index in [2.05, 4.69) is 30.1 Å². The van der Waals surface area contributed by atoms with Crippen LogP contribution in [0.25, 0.3) is 0 Å². The van der Waals surface area contributed by atoms with Crippen LogP contribution in [0.4, 0.5) is 5.95 Å². The number of hydrogen-bond donors (Lipinski definition) is 2. The van der Waals surface area contributed by atoms with Crippen LogP contribution in [0.5, 0.6) is 0 Å². The Kier molecular flexibility index (Phi) is 5.74. The fraction of sp³-hybridized carbons (Fsp3) is 0.643. The van der Waals surface area contributed by atoms with Gasteiger partial charge in [0.2, 0.25) is 5.95 Å². The fourth-order valence-corrected chi connectivity index (χ4v) is 2.28. The molecule has 0 amide bonds. The number of guanidine groups is 1. The summed E-state index contributed by atoms with van der Waals surface area (Å²) >= 11 is 0. The van der Waals surface area contributed by atoms with Gasteiger partial charge in [-0.15, -0.1) is 0 Å². The van der Waals surface area contributed by atoms with Gasteiger partial charge < -0.3 is 16.0 Å². The van der Waals surface area contributed by atoms with Crippen molar-refractivity contribution in [3.63, 3.8) is 0 Å². The molecule has 0 aliphatic carbocycles. The zero-order chi connectivity index (χ0) is 15.1. The van der Waals surface area contributed by atoms with Crippen molar-refractivity contribution in [3.05, 3.63) is 18.5 Å². The van der Waals surface area contributed by atoms with Crippen LogP contribution < -0.4 is 16.0 Å². The van der Waals surface area contributed by atoms with Crippen molar-refractivity contribution >= 4 is 11.9 Å². The third-order valence-electron chi connectivity index (χ3n) is 3.34. The maximum absolute atomic E-state index is 5.78. The minimum absolute atomic E-state index is 0.322. The Bertz CT molecular complexity index is 438. The van der Waals surface area contributed by atoms with Crippen LogP contribution in [-0.2, 0) is 0 Å². The molecule has 0 spiro atoms. The van der Waals surface area contributed by atoms with Crippen molar-refractivity contribution in [2.45, 2.75) is 19.9 Å². The molecule has 0 saturated carbocycles. The van der Waals surface area contributed by atoms with Gasteiger partial charge in [0.15, 0.2) is 5.96 Å². The van der Waals surface area contributed by atoms with Gasteiger partial charge in [0, 0.05) is 51.2 Å². The molecule has 1 aliphatic rings. The average molecular weight is 291 g/mol. The van der Waals surface area contributed by atoms with Crippen molar-refractivity contribution < 1.29 is 0 Å². The molecule has 1 saturated heterocycles. The molecule has 2 heterocycles. The standard InChI is InChI=1S/C14H25N7/c1-12(2)19-13(15)16-6-7-20-8-10-21(11-9-20)14-17-4-3-5-18-14/h3-5,12H,6-11H2,1-2H3,(H3,15,16,19). The summed E-state index contributed by atoms with van der Waals surface area (Å²) in [7, 11) is 0. The quantitative estimate of drug-likeness (QED) is 0.583. The maximum Gasteiger partial charge on any atom is 0.225 e. The van der Waals surface area contributed by atoms with Gasteiger partial charge in [0.1, 0.15) is 0 Å². The van der Waals surface area contributed by atoms with E-state index in [0.29, 0.717) is 12.0 Å². The lowest BCUT2D eigenvalue weighted by Gasteiger charge is -2.34. The Labute approximate surface area is 126 Å². The van der Waals surface area contributed by atoms with Gasteiger partial charge >= 0.3 is 0 Å². The first-order valence-corrected chi connectivity index (χ1v) is 7.46. The average Bonchev–Trinajstić information content (AvgIpc) is 2.48. The number of piperazine rings is 1. The van der Waals surface area contributed by atoms with Crippen LogP contribution >= 0.6 is 0 Å². The van der Waals surface area contributed by atoms with Crippen LogP contribution in [0, 0.1) is 0 Å². The molecule has 0 unspecified atom stereocenters. The summed E-state index contributed by atoms with van der Waals surface area (Å²) in [5.74, 6) is 1.35. The third-order valence-corrected chi connectivity index (χ3v) is 3.34. The number of nitrogens with one attached hydrogen (secondary N) is 1. The second-order valence-electron chi connectivity index (χ2n) is 5.44. The molecule has 1 aromatic heterocycles. The van der Waals surface area contributed by atoms with E-state index in [9.17, 15) is 0 Å². The van der Waals surface area contributed by atoms with Gasteiger partial charge in [0.05, 0.1) is 6.54 Å². The summed E-state index contributed by atoms with van der Waals surface area (Å²) in [6, 6.07) is 2.16. The highest BCUT2D eigenvalue weighted by Crippen LogP contribution is 2.09. The van der Waals surface area contributed by atoms with E-state index < -0.39 is 0 Å². The Morgan fingerprint density at radius 1 is 1.29 bits per heavy atom. The molecule has 0 bridgehead atoms. The summed E-state index contributed by atoms with van der Waals surface area (Å²) < 4.78 is 0. The molecule has 0 aromatic carbocycles. The van der Waals surface area contributed by atoms with Gasteiger partial charge in [-0.2, -0.15) is 0 Å². The van der Waals surface area contributed by atoms with E-state index in [-0.39, 0.29) is 0 Å². The number of nitrogens with two attached hydrogens (primary N) is 1. The first-order chi connectivity index (χ1) is 10.1. The molecule has 1 aromatic rings. The molecule has 1 aliphatic heterocycles. The zero-order valence-electron chi connectivity index (χ0n) is 12.9. The number of aromatic nitrogens is 2. The number of aliphatic imine (C=N–C) groups is 1. The lowest BCUT2D eigenvalue weighted by atomic mass is 10.3. The zero-order valence-corrected chi connectivity index (χ0v) is 12.9. The first kappa shape index (κ1) is 15.5. The van der Waals surface area contributed by atoms with Crippen molar-refractivity contribution in [1.29, 1.82) is 0 Å². The fourth-order valence-electron chi connectivity index (χ4n) is 2.28. The first-order valence-electron chi connectivity index (χ1n) is 7.46. The lowest BCUT2D eigenvalue weighted by molar-refractivity contribution is 0.264. The largest absolute Gasteiger partial charge is 0.370 e. The molecule has 7 nitrogen and oxygen atoms in total. The second kappa shape index (κ2) is 7.78. The SMILES string of the molecule is CC(C)NC(N)=NCCN1CCN(c2ncccn2)CC1. The predicted octanol–water partition coefficient (Wildman–Crippen LogP) is -0.0887. The normalized spacial score (nSPS) is 17.3. The maximum atomic E-state index is 5.78. The second-order valence-corrected chi connectivity index (χ2v) is 5.44. The van der Waals surface area contributed by atoms with Crippen LogP contribution in [-0.4, -0.2) is 66.1 Å². The van der Waals surface area contributed by atoms with Gasteiger partial charge in [-0.05, 0) is 19.9 Å². The van der Waals surface area contributed by atoms with Gasteiger partial charge in [-0.1, -0.05) is 0 Å². The molecule has 21 heavy (non-hydrogen) atoms. The van der Waals surface area contributed by atoms with Crippen molar-refractivity contribution in [2.24, 2.45) is 10.7 Å². The van der Waals surface area contributed by atoms with Gasteiger partial charge in [-0.3, -0.25) is 9.89 Å². The molecule has 0 atom stereocenters. The number of hydrogen-bond acceptors (Lipinski definition) is 5. The Morgan fingerprint density at radius 3 is 2.57 bits per heavy atom. The highest BCUT2D eigenvalue weighted by atomic mass is 15.3. The van der Waals surface area contributed by atoms with Crippen LogP contribution in [0.15, 0.2) is 23.5 Å². The minimum atomic E-state index is 0.322. The van der Waals surface area contributed by atoms with E-state index in [4.69, 9.17) is 5.73 Å². The topological polar surface area (TPSA) is 82.7 Å². The third kappa shape index (κ3) is 5.18. The molecule has 116 valence electrons. The van der Waals surface area contributed by atoms with Crippen molar-refractivity contribution in [2.75, 3.05) is 44.2 Å². The van der Waals surface area contributed by atoms with E-state index >= 15 is 0 Å². The van der Waals surface area contributed by atoms with Crippen molar-refractivity contribution in [1.82, 2.24) is 20.2 Å². The highest BCUT2D eigenvalue weighted by molar-refractivity contribution is 5.78. The van der Waals surface area contributed by atoms with Crippen molar-refractivity contribution in [3.8, 4) is 0 Å². The highest BCUT2D eigenvalue weighted by Gasteiger charge is 2.17. The Morgan fingerprint density at radius 2 is 1.95 bits per heavy atom. The smallest absolute Gasteiger partial charge is 0.225 e. The Balaban J connectivity index is 1.70. The summed E-state index contributed by atoms with van der Waals surface area (Å²) in [6.45, 7) is 9.68. The lowest BCUT2D eigenvalue weighted by Crippen LogP contribution is -2.47. The summed E-state index contributed by atoms with van der Waals surface area (Å²) in [5, 5.41) is 3.09. The molecule has 2 rings (SSSR count). The number of rotatable bonds is 5. The molecule has 0 radical (unpaired) electrons. The molecule has 3 N–H and O–H groups in total. The summed E-state index contributed by atoms with van der Waals surface area (Å²) in [6.07, 6.45) is 3.57. The molecular formula is C14H25N7. The molecule has 7 heteroatoms. The molecular weight excluding hydrogens is 266 g/mol. The van der Waals surface area contributed by atoms with E-state index in [1.54, 1.807) is 12.4 Å². The van der Waals surface area contributed by atoms with Crippen LogP contribution in [0.2, 0.25) is 0 Å². The number of anilines is 1. The molecule has 1 fully saturated rings. The van der Waals surface area contributed by atoms with E-state index in [1.165, 1.54) is 0 Å². The number of nitrogens with zero attached hydrogens (tertiary/aromatic N) is 5. The monoisotopic (exact) mass is 291 g/mol. The van der Waals surface area contributed by atoms with E-state index in [1.807, 2.05) is 19.9 Å². The van der Waals surface area contributed by atoms with Crippen LogP contribution in [0.3, 0.4) is 0 Å². The van der Waals surface area contributed by atoms with E-state index in [0.717, 1.165) is 45.2 Å². The van der Waals surface area contributed by atoms with Gasteiger partial charge in [-0.25, -0.2) is 9.97 Å². The summed E-state index contributed by atoms with van der Waals surface area (Å²) in [5.41, 5.74) is 5.78. The van der Waals surface area contributed by atoms with Gasteiger partial charge in [0.25, 0.3) is 0 Å². The Hall–Kier alpha value is -1.89. The predicted molar refractivity (Wildman–Crippen MR) is 85.4 cm³/mol.